The van der Waals surface area contributed by atoms with Crippen molar-refractivity contribution in [3.63, 3.8) is 0 Å². The van der Waals surface area contributed by atoms with Crippen LogP contribution in [0.5, 0.6) is 5.75 Å². The molecule has 0 aromatic heterocycles. The van der Waals surface area contributed by atoms with Gasteiger partial charge in [-0.05, 0) is 37.5 Å². The summed E-state index contributed by atoms with van der Waals surface area (Å²) in [4.78, 5) is 0. The topological polar surface area (TPSA) is 93.2 Å². The van der Waals surface area contributed by atoms with Crippen molar-refractivity contribution < 1.29 is 13.2 Å². The van der Waals surface area contributed by atoms with E-state index in [2.05, 4.69) is 0 Å². The maximum absolute atomic E-state index is 10.7. The minimum absolute atomic E-state index is 0.0108. The van der Waals surface area contributed by atoms with Crippen LogP contribution in [0, 0.1) is 11.3 Å². The van der Waals surface area contributed by atoms with E-state index in [4.69, 9.17) is 15.1 Å². The monoisotopic (exact) mass is 268 g/mol. The third-order valence-corrected chi connectivity index (χ3v) is 3.16. The molecule has 0 saturated heterocycles. The average molecular weight is 268 g/mol. The first-order valence-electron chi connectivity index (χ1n) is 5.65. The molecule has 0 aliphatic carbocycles. The lowest BCUT2D eigenvalue weighted by Crippen LogP contribution is -2.16. The van der Waals surface area contributed by atoms with Crippen LogP contribution in [0.15, 0.2) is 24.3 Å². The lowest BCUT2D eigenvalue weighted by atomic mass is 10.2. The van der Waals surface area contributed by atoms with E-state index in [0.29, 0.717) is 24.3 Å². The molecule has 0 atom stereocenters. The zero-order chi connectivity index (χ0) is 13.4. The van der Waals surface area contributed by atoms with Crippen molar-refractivity contribution in [3.8, 4) is 11.8 Å². The molecule has 1 aromatic rings. The predicted molar refractivity (Wildman–Crippen MR) is 68.5 cm³/mol. The van der Waals surface area contributed by atoms with E-state index >= 15 is 0 Å². The molecule has 0 bridgehead atoms. The minimum Gasteiger partial charge on any atom is -0.494 e. The highest BCUT2D eigenvalue weighted by Crippen LogP contribution is 2.13. The predicted octanol–water partition coefficient (Wildman–Crippen LogP) is 1.40. The Balaban J connectivity index is 2.20. The Bertz CT molecular complexity index is 520. The van der Waals surface area contributed by atoms with Gasteiger partial charge in [-0.3, -0.25) is 0 Å². The molecule has 0 aliphatic rings. The van der Waals surface area contributed by atoms with Gasteiger partial charge in [0.25, 0.3) is 0 Å². The van der Waals surface area contributed by atoms with E-state index in [1.54, 1.807) is 24.3 Å². The first-order valence-corrected chi connectivity index (χ1v) is 7.36. The summed E-state index contributed by atoms with van der Waals surface area (Å²) in [6.07, 6.45) is 2.04. The summed E-state index contributed by atoms with van der Waals surface area (Å²) in [5.74, 6) is 0.664. The maximum atomic E-state index is 10.7. The Kier molecular flexibility index (Phi) is 5.62. The number of nitrogens with two attached hydrogens (primary N) is 1. The second-order valence-electron chi connectivity index (χ2n) is 3.92. The van der Waals surface area contributed by atoms with E-state index in [-0.39, 0.29) is 5.75 Å². The van der Waals surface area contributed by atoms with Crippen LogP contribution in [0.1, 0.15) is 24.8 Å². The van der Waals surface area contributed by atoms with Crippen molar-refractivity contribution >= 4 is 10.0 Å². The normalized spacial score (nSPS) is 10.9. The highest BCUT2D eigenvalue weighted by molar-refractivity contribution is 7.89. The molecule has 98 valence electrons. The SMILES string of the molecule is N#Cc1cccc(OCCCCCS(N)(=O)=O)c1. The second kappa shape index (κ2) is 6.99. The number of primary sulfonamides is 1. The van der Waals surface area contributed by atoms with Gasteiger partial charge in [0.15, 0.2) is 0 Å². The fourth-order valence-corrected chi connectivity index (χ4v) is 2.03. The van der Waals surface area contributed by atoms with Gasteiger partial charge >= 0.3 is 0 Å². The number of benzene rings is 1. The Labute approximate surface area is 107 Å². The van der Waals surface area contributed by atoms with E-state index < -0.39 is 10.0 Å². The average Bonchev–Trinajstić information content (AvgIpc) is 2.32. The van der Waals surface area contributed by atoms with Crippen LogP contribution >= 0.6 is 0 Å². The molecular formula is C12H16N2O3S. The lowest BCUT2D eigenvalue weighted by molar-refractivity contribution is 0.306. The van der Waals surface area contributed by atoms with Crippen molar-refractivity contribution in [1.82, 2.24) is 0 Å². The first kappa shape index (κ1) is 14.5. The Morgan fingerprint density at radius 2 is 2.06 bits per heavy atom. The van der Waals surface area contributed by atoms with Crippen molar-refractivity contribution in [2.45, 2.75) is 19.3 Å². The molecule has 1 aromatic carbocycles. The van der Waals surface area contributed by atoms with Crippen LogP contribution in [0.3, 0.4) is 0 Å². The van der Waals surface area contributed by atoms with Gasteiger partial charge in [0.1, 0.15) is 5.75 Å². The molecule has 0 unspecified atom stereocenters. The van der Waals surface area contributed by atoms with Crippen LogP contribution < -0.4 is 9.88 Å². The number of nitriles is 1. The van der Waals surface area contributed by atoms with E-state index in [1.807, 2.05) is 6.07 Å². The van der Waals surface area contributed by atoms with Gasteiger partial charge in [-0.2, -0.15) is 5.26 Å². The number of rotatable bonds is 7. The van der Waals surface area contributed by atoms with Crippen LogP contribution in [-0.4, -0.2) is 20.8 Å². The molecule has 0 fully saturated rings. The van der Waals surface area contributed by atoms with Crippen molar-refractivity contribution in [1.29, 1.82) is 5.26 Å². The summed E-state index contributed by atoms with van der Waals surface area (Å²) < 4.78 is 26.8. The summed E-state index contributed by atoms with van der Waals surface area (Å²) in [5.41, 5.74) is 0.557. The summed E-state index contributed by atoms with van der Waals surface area (Å²) in [5, 5.41) is 13.6. The molecule has 2 N–H and O–H groups in total. The quantitative estimate of drug-likeness (QED) is 0.756. The summed E-state index contributed by atoms with van der Waals surface area (Å²) in [6.45, 7) is 0.500. The molecule has 0 spiro atoms. The second-order valence-corrected chi connectivity index (χ2v) is 5.65. The van der Waals surface area contributed by atoms with Gasteiger partial charge in [0.05, 0.1) is 24.0 Å². The van der Waals surface area contributed by atoms with Crippen LogP contribution in [-0.2, 0) is 10.0 Å². The fraction of sp³-hybridized carbons (Fsp3) is 0.417. The van der Waals surface area contributed by atoms with Crippen molar-refractivity contribution in [2.24, 2.45) is 5.14 Å². The molecule has 0 heterocycles. The maximum Gasteiger partial charge on any atom is 0.209 e. The molecule has 18 heavy (non-hydrogen) atoms. The van der Waals surface area contributed by atoms with Gasteiger partial charge < -0.3 is 4.74 Å². The summed E-state index contributed by atoms with van der Waals surface area (Å²) >= 11 is 0. The number of unbranched alkanes of at least 4 members (excludes halogenated alkanes) is 2. The highest BCUT2D eigenvalue weighted by atomic mass is 32.2. The minimum atomic E-state index is -3.35. The van der Waals surface area contributed by atoms with Gasteiger partial charge in [-0.1, -0.05) is 6.07 Å². The van der Waals surface area contributed by atoms with Gasteiger partial charge in [-0.25, -0.2) is 13.6 Å². The molecular weight excluding hydrogens is 252 g/mol. The molecule has 0 radical (unpaired) electrons. The molecule has 0 saturated carbocycles. The fourth-order valence-electron chi connectivity index (χ4n) is 1.43. The number of ether oxygens (including phenoxy) is 1. The molecule has 5 nitrogen and oxygen atoms in total. The Morgan fingerprint density at radius 1 is 1.28 bits per heavy atom. The van der Waals surface area contributed by atoms with Gasteiger partial charge in [0, 0.05) is 0 Å². The number of hydrogen-bond acceptors (Lipinski definition) is 4. The zero-order valence-corrected chi connectivity index (χ0v) is 10.8. The standard InChI is InChI=1S/C12H16N2O3S/c13-10-11-5-4-6-12(9-11)17-7-2-1-3-8-18(14,15)16/h4-6,9H,1-3,7-8H2,(H2,14,15,16). The third-order valence-electron chi connectivity index (χ3n) is 2.31. The molecule has 1 rings (SSSR count). The van der Waals surface area contributed by atoms with Crippen molar-refractivity contribution in [3.05, 3.63) is 29.8 Å². The van der Waals surface area contributed by atoms with Gasteiger partial charge in [-0.15, -0.1) is 0 Å². The highest BCUT2D eigenvalue weighted by Gasteiger charge is 2.01. The largest absolute Gasteiger partial charge is 0.494 e. The molecule has 0 amide bonds. The van der Waals surface area contributed by atoms with Crippen LogP contribution in [0.2, 0.25) is 0 Å². The first-order chi connectivity index (χ1) is 8.51. The summed E-state index contributed by atoms with van der Waals surface area (Å²) in [7, 11) is -3.35. The van der Waals surface area contributed by atoms with E-state index in [9.17, 15) is 8.42 Å². The number of hydrogen-bond donors (Lipinski definition) is 1. The van der Waals surface area contributed by atoms with Gasteiger partial charge in [0.2, 0.25) is 10.0 Å². The van der Waals surface area contributed by atoms with Crippen LogP contribution in [0.25, 0.3) is 0 Å². The van der Waals surface area contributed by atoms with Crippen molar-refractivity contribution in [2.75, 3.05) is 12.4 Å². The zero-order valence-electron chi connectivity index (χ0n) is 10.0. The summed E-state index contributed by atoms with van der Waals surface area (Å²) in [6, 6.07) is 8.95. The Morgan fingerprint density at radius 3 is 2.72 bits per heavy atom. The number of nitrogens with zero attached hydrogens (tertiary/aromatic N) is 1. The third kappa shape index (κ3) is 6.23. The number of sulfonamides is 1. The van der Waals surface area contributed by atoms with E-state index in [1.165, 1.54) is 0 Å². The lowest BCUT2D eigenvalue weighted by Gasteiger charge is -2.05. The van der Waals surface area contributed by atoms with E-state index in [0.717, 1.165) is 12.8 Å². The molecule has 6 heteroatoms. The Hall–Kier alpha value is -1.58. The van der Waals surface area contributed by atoms with Crippen LogP contribution in [0.4, 0.5) is 0 Å². The molecule has 0 aliphatic heterocycles. The smallest absolute Gasteiger partial charge is 0.209 e.